The number of benzene rings is 1. The van der Waals surface area contributed by atoms with Gasteiger partial charge in [-0.15, -0.1) is 0 Å². The lowest BCUT2D eigenvalue weighted by atomic mass is 10.1. The summed E-state index contributed by atoms with van der Waals surface area (Å²) < 4.78 is 13.3. The molecule has 1 saturated carbocycles. The molecule has 1 aliphatic carbocycles. The van der Waals surface area contributed by atoms with Crippen molar-refractivity contribution in [3.05, 3.63) is 33.6 Å². The molecule has 15 heavy (non-hydrogen) atoms. The standard InChI is InChI=1S/C10H6Cl2FNO/c11-6-3-7(9(12)8(13)4-6)10(1-2-10)14-5-15/h3-4H,1-2H2. The first-order valence-electron chi connectivity index (χ1n) is 4.33. The third kappa shape index (κ3) is 1.78. The number of aliphatic imine (C=N–C) groups is 1. The van der Waals surface area contributed by atoms with Crippen LogP contribution in [0.3, 0.4) is 0 Å². The zero-order valence-electron chi connectivity index (χ0n) is 7.56. The molecule has 1 aliphatic rings. The first-order valence-corrected chi connectivity index (χ1v) is 5.09. The van der Waals surface area contributed by atoms with Crippen LogP contribution in [-0.4, -0.2) is 6.08 Å². The van der Waals surface area contributed by atoms with Gasteiger partial charge in [0.2, 0.25) is 6.08 Å². The minimum atomic E-state index is -0.690. The Hall–Kier alpha value is -0.890. The predicted octanol–water partition coefficient (Wildman–Crippen LogP) is 3.46. The third-order valence-corrected chi connectivity index (χ3v) is 3.08. The van der Waals surface area contributed by atoms with Crippen molar-refractivity contribution in [2.24, 2.45) is 4.99 Å². The van der Waals surface area contributed by atoms with Gasteiger partial charge in [0, 0.05) is 10.6 Å². The second kappa shape index (κ2) is 3.60. The third-order valence-electron chi connectivity index (χ3n) is 2.48. The van der Waals surface area contributed by atoms with E-state index in [1.807, 2.05) is 0 Å². The van der Waals surface area contributed by atoms with Crippen LogP contribution in [-0.2, 0) is 10.3 Å². The molecule has 1 aromatic carbocycles. The van der Waals surface area contributed by atoms with Crippen molar-refractivity contribution >= 4 is 29.3 Å². The van der Waals surface area contributed by atoms with Gasteiger partial charge in [-0.1, -0.05) is 23.2 Å². The quantitative estimate of drug-likeness (QED) is 0.446. The van der Waals surface area contributed by atoms with Crippen LogP contribution in [0.5, 0.6) is 0 Å². The van der Waals surface area contributed by atoms with Gasteiger partial charge >= 0.3 is 0 Å². The molecule has 0 saturated heterocycles. The summed E-state index contributed by atoms with van der Waals surface area (Å²) in [6, 6.07) is 2.68. The smallest absolute Gasteiger partial charge is 0.211 e. The fraction of sp³-hybridized carbons (Fsp3) is 0.300. The number of hydrogen-bond acceptors (Lipinski definition) is 2. The second-order valence-corrected chi connectivity index (χ2v) is 4.30. The molecule has 0 atom stereocenters. The fourth-order valence-electron chi connectivity index (χ4n) is 1.54. The molecular weight excluding hydrogens is 240 g/mol. The number of isocyanates is 1. The second-order valence-electron chi connectivity index (χ2n) is 3.48. The number of hydrogen-bond donors (Lipinski definition) is 0. The maximum absolute atomic E-state index is 13.3. The van der Waals surface area contributed by atoms with Gasteiger partial charge < -0.3 is 0 Å². The van der Waals surface area contributed by atoms with Crippen molar-refractivity contribution in [2.75, 3.05) is 0 Å². The average Bonchev–Trinajstić information content (AvgIpc) is 2.93. The van der Waals surface area contributed by atoms with Crippen LogP contribution in [0, 0.1) is 5.82 Å². The van der Waals surface area contributed by atoms with Crippen LogP contribution >= 0.6 is 23.2 Å². The Morgan fingerprint density at radius 3 is 2.60 bits per heavy atom. The molecule has 0 aromatic heterocycles. The highest BCUT2D eigenvalue weighted by Gasteiger charge is 2.46. The monoisotopic (exact) mass is 245 g/mol. The first-order chi connectivity index (χ1) is 7.09. The van der Waals surface area contributed by atoms with Gasteiger partial charge in [-0.3, -0.25) is 0 Å². The predicted molar refractivity (Wildman–Crippen MR) is 55.5 cm³/mol. The summed E-state index contributed by atoms with van der Waals surface area (Å²) in [6.45, 7) is 0. The van der Waals surface area contributed by atoms with E-state index in [2.05, 4.69) is 4.99 Å². The highest BCUT2D eigenvalue weighted by molar-refractivity contribution is 6.33. The van der Waals surface area contributed by atoms with Gasteiger partial charge in [-0.2, -0.15) is 4.99 Å². The van der Waals surface area contributed by atoms with Crippen molar-refractivity contribution in [3.8, 4) is 0 Å². The Morgan fingerprint density at radius 2 is 2.07 bits per heavy atom. The SMILES string of the molecule is O=C=NC1(c2cc(Cl)cc(F)c2Cl)CC1. The van der Waals surface area contributed by atoms with Crippen molar-refractivity contribution in [1.82, 2.24) is 0 Å². The lowest BCUT2D eigenvalue weighted by Crippen LogP contribution is -2.04. The number of halogens is 3. The Labute approximate surface area is 95.7 Å². The maximum atomic E-state index is 13.3. The highest BCUT2D eigenvalue weighted by atomic mass is 35.5. The van der Waals surface area contributed by atoms with E-state index in [9.17, 15) is 9.18 Å². The van der Waals surface area contributed by atoms with Gasteiger partial charge in [0.15, 0.2) is 0 Å². The normalized spacial score (nSPS) is 17.0. The molecule has 78 valence electrons. The highest BCUT2D eigenvalue weighted by Crippen LogP contribution is 2.52. The lowest BCUT2D eigenvalue weighted by Gasteiger charge is -2.11. The van der Waals surface area contributed by atoms with Crippen molar-refractivity contribution in [1.29, 1.82) is 0 Å². The summed E-state index contributed by atoms with van der Waals surface area (Å²) in [7, 11) is 0. The molecule has 0 unspecified atom stereocenters. The Balaban J connectivity index is 2.57. The molecular formula is C10H6Cl2FNO. The van der Waals surface area contributed by atoms with Crippen LogP contribution in [0.15, 0.2) is 17.1 Å². The molecule has 0 radical (unpaired) electrons. The van der Waals surface area contributed by atoms with Crippen molar-refractivity contribution in [3.63, 3.8) is 0 Å². The van der Waals surface area contributed by atoms with Gasteiger partial charge in [-0.25, -0.2) is 9.18 Å². The zero-order chi connectivity index (χ0) is 11.1. The van der Waals surface area contributed by atoms with Crippen LogP contribution < -0.4 is 0 Å². The van der Waals surface area contributed by atoms with Gasteiger partial charge in [0.1, 0.15) is 5.82 Å². The van der Waals surface area contributed by atoms with Crippen LogP contribution in [0.2, 0.25) is 10.0 Å². The van der Waals surface area contributed by atoms with E-state index < -0.39 is 11.4 Å². The van der Waals surface area contributed by atoms with Crippen molar-refractivity contribution in [2.45, 2.75) is 18.4 Å². The number of rotatable bonds is 2. The molecule has 1 aromatic rings. The molecule has 2 rings (SSSR count). The van der Waals surface area contributed by atoms with Crippen molar-refractivity contribution < 1.29 is 9.18 Å². The molecule has 5 heteroatoms. The first kappa shape index (κ1) is 10.6. The fourth-order valence-corrected chi connectivity index (χ4v) is 2.03. The minimum Gasteiger partial charge on any atom is -0.211 e. The van der Waals surface area contributed by atoms with E-state index in [0.717, 1.165) is 6.07 Å². The number of nitrogens with zero attached hydrogens (tertiary/aromatic N) is 1. The summed E-state index contributed by atoms with van der Waals surface area (Å²) >= 11 is 11.5. The van der Waals surface area contributed by atoms with E-state index >= 15 is 0 Å². The van der Waals surface area contributed by atoms with Gasteiger partial charge in [0.25, 0.3) is 0 Å². The molecule has 0 spiro atoms. The summed E-state index contributed by atoms with van der Waals surface area (Å²) in [5.74, 6) is -0.591. The molecule has 0 heterocycles. The van der Waals surface area contributed by atoms with Crippen LogP contribution in [0.1, 0.15) is 18.4 Å². The number of carbonyl (C=O) groups excluding carboxylic acids is 1. The average molecular weight is 246 g/mol. The zero-order valence-corrected chi connectivity index (χ0v) is 9.07. The topological polar surface area (TPSA) is 29.4 Å². The molecule has 0 amide bonds. The Bertz CT molecular complexity index is 465. The van der Waals surface area contributed by atoms with E-state index in [0.29, 0.717) is 18.4 Å². The van der Waals surface area contributed by atoms with E-state index in [-0.39, 0.29) is 10.0 Å². The molecule has 0 aliphatic heterocycles. The minimum absolute atomic E-state index is 0.0177. The van der Waals surface area contributed by atoms with E-state index in [1.165, 1.54) is 6.08 Å². The largest absolute Gasteiger partial charge is 0.235 e. The van der Waals surface area contributed by atoms with E-state index in [1.54, 1.807) is 6.07 Å². The van der Waals surface area contributed by atoms with Crippen LogP contribution in [0.4, 0.5) is 4.39 Å². The van der Waals surface area contributed by atoms with E-state index in [4.69, 9.17) is 23.2 Å². The summed E-state index contributed by atoms with van der Waals surface area (Å²) in [5.41, 5.74) is -0.220. The Kier molecular flexibility index (Phi) is 2.55. The van der Waals surface area contributed by atoms with Gasteiger partial charge in [-0.05, 0) is 25.0 Å². The van der Waals surface area contributed by atoms with Gasteiger partial charge in [0.05, 0.1) is 10.6 Å². The maximum Gasteiger partial charge on any atom is 0.235 e. The molecule has 0 N–H and O–H groups in total. The summed E-state index contributed by atoms with van der Waals surface area (Å²) in [6.07, 6.45) is 2.82. The van der Waals surface area contributed by atoms with Crippen LogP contribution in [0.25, 0.3) is 0 Å². The molecule has 0 bridgehead atoms. The summed E-state index contributed by atoms with van der Waals surface area (Å²) in [4.78, 5) is 13.9. The lowest BCUT2D eigenvalue weighted by molar-refractivity contribution is 0.555. The summed E-state index contributed by atoms with van der Waals surface area (Å²) in [5, 5.41) is 0.232. The Morgan fingerprint density at radius 1 is 1.40 bits per heavy atom. The molecule has 2 nitrogen and oxygen atoms in total. The molecule has 1 fully saturated rings.